The van der Waals surface area contributed by atoms with Crippen LogP contribution < -0.4 is 0 Å². The maximum absolute atomic E-state index is 14.3. The molecule has 3 aromatic rings. The van der Waals surface area contributed by atoms with Gasteiger partial charge in [-0.1, -0.05) is 54.6 Å². The Kier molecular flexibility index (Phi) is 7.42. The lowest BCUT2D eigenvalue weighted by atomic mass is 9.81. The highest BCUT2D eigenvalue weighted by Crippen LogP contribution is 2.43. The third kappa shape index (κ3) is 5.71. The highest BCUT2D eigenvalue weighted by molar-refractivity contribution is 5.96. The standard InChI is InChI=1S/C28H22F5NO3/c1-17-26(27(36)37-16-18-7-3-2-4-8-18)22(21-9-5-6-10-23(21)28(31,32)33)14-25(35)34(17)15-19-11-12-20(29)13-24(19)30/h2-13,22H,14-16H2,1H3/t22-/m0/s1. The topological polar surface area (TPSA) is 46.6 Å². The average molecular weight is 515 g/mol. The Morgan fingerprint density at radius 2 is 1.68 bits per heavy atom. The van der Waals surface area contributed by atoms with Crippen molar-refractivity contribution in [3.8, 4) is 0 Å². The lowest BCUT2D eigenvalue weighted by molar-refractivity contribution is -0.143. The minimum atomic E-state index is -4.72. The van der Waals surface area contributed by atoms with Crippen molar-refractivity contribution in [3.05, 3.63) is 118 Å². The Bertz CT molecular complexity index is 1350. The van der Waals surface area contributed by atoms with Crippen LogP contribution in [0.3, 0.4) is 0 Å². The number of ether oxygens (including phenoxy) is 1. The molecule has 0 unspecified atom stereocenters. The van der Waals surface area contributed by atoms with Gasteiger partial charge in [0.05, 0.1) is 17.7 Å². The number of alkyl halides is 3. The molecule has 4 rings (SSSR count). The molecule has 0 saturated heterocycles. The third-order valence-corrected chi connectivity index (χ3v) is 6.24. The Labute approximate surface area is 210 Å². The van der Waals surface area contributed by atoms with Crippen molar-refractivity contribution in [1.29, 1.82) is 0 Å². The molecule has 1 aliphatic rings. The summed E-state index contributed by atoms with van der Waals surface area (Å²) in [5.74, 6) is -4.42. The summed E-state index contributed by atoms with van der Waals surface area (Å²) < 4.78 is 74.7. The highest BCUT2D eigenvalue weighted by atomic mass is 19.4. The highest BCUT2D eigenvalue weighted by Gasteiger charge is 2.42. The first-order valence-corrected chi connectivity index (χ1v) is 11.4. The van der Waals surface area contributed by atoms with E-state index in [9.17, 15) is 31.5 Å². The van der Waals surface area contributed by atoms with Gasteiger partial charge in [-0.25, -0.2) is 13.6 Å². The van der Waals surface area contributed by atoms with E-state index in [-0.39, 0.29) is 35.5 Å². The van der Waals surface area contributed by atoms with E-state index in [4.69, 9.17) is 4.74 Å². The van der Waals surface area contributed by atoms with E-state index >= 15 is 0 Å². The number of halogens is 5. The van der Waals surface area contributed by atoms with Crippen LogP contribution in [0.4, 0.5) is 22.0 Å². The molecule has 0 N–H and O–H groups in total. The normalized spacial score (nSPS) is 16.2. The van der Waals surface area contributed by atoms with Gasteiger partial charge in [0.25, 0.3) is 0 Å². The molecule has 0 radical (unpaired) electrons. The fourth-order valence-corrected chi connectivity index (χ4v) is 4.41. The van der Waals surface area contributed by atoms with Crippen LogP contribution in [0.1, 0.15) is 41.5 Å². The zero-order valence-electron chi connectivity index (χ0n) is 19.7. The van der Waals surface area contributed by atoms with Crippen LogP contribution in [0.15, 0.2) is 84.1 Å². The van der Waals surface area contributed by atoms with Crippen molar-refractivity contribution in [1.82, 2.24) is 4.90 Å². The van der Waals surface area contributed by atoms with Gasteiger partial charge < -0.3 is 9.64 Å². The van der Waals surface area contributed by atoms with Crippen molar-refractivity contribution in [2.75, 3.05) is 0 Å². The molecular weight excluding hydrogens is 493 g/mol. The summed E-state index contributed by atoms with van der Waals surface area (Å²) in [4.78, 5) is 27.6. The van der Waals surface area contributed by atoms with Crippen molar-refractivity contribution in [2.24, 2.45) is 0 Å². The zero-order chi connectivity index (χ0) is 26.7. The summed E-state index contributed by atoms with van der Waals surface area (Å²) in [6, 6.07) is 16.3. The molecular formula is C28H22F5NO3. The molecule has 1 heterocycles. The second-order valence-electron chi connectivity index (χ2n) is 8.62. The molecule has 3 aromatic carbocycles. The van der Waals surface area contributed by atoms with E-state index in [1.54, 1.807) is 30.3 Å². The summed E-state index contributed by atoms with van der Waals surface area (Å²) in [5, 5.41) is 0. The van der Waals surface area contributed by atoms with E-state index in [0.29, 0.717) is 11.6 Å². The van der Waals surface area contributed by atoms with Crippen LogP contribution in [-0.2, 0) is 33.7 Å². The van der Waals surface area contributed by atoms with Crippen LogP contribution >= 0.6 is 0 Å². The molecule has 0 bridgehead atoms. The molecule has 0 spiro atoms. The molecule has 0 fully saturated rings. The maximum Gasteiger partial charge on any atom is 0.416 e. The van der Waals surface area contributed by atoms with Gasteiger partial charge >= 0.3 is 12.1 Å². The second kappa shape index (κ2) is 10.5. The number of rotatable bonds is 6. The van der Waals surface area contributed by atoms with Crippen molar-refractivity contribution in [3.63, 3.8) is 0 Å². The number of hydrogen-bond acceptors (Lipinski definition) is 3. The SMILES string of the molecule is CC1=C(C(=O)OCc2ccccc2)[C@H](c2ccccc2C(F)(F)F)CC(=O)N1Cc1ccc(F)cc1F. The Morgan fingerprint density at radius 3 is 2.35 bits per heavy atom. The Balaban J connectivity index is 1.77. The molecule has 0 aliphatic carbocycles. The van der Waals surface area contributed by atoms with Crippen LogP contribution in [0.2, 0.25) is 0 Å². The number of nitrogens with zero attached hydrogens (tertiary/aromatic N) is 1. The first-order valence-electron chi connectivity index (χ1n) is 11.4. The molecule has 37 heavy (non-hydrogen) atoms. The van der Waals surface area contributed by atoms with Crippen molar-refractivity contribution in [2.45, 2.75) is 38.6 Å². The van der Waals surface area contributed by atoms with Crippen LogP contribution in [0, 0.1) is 11.6 Å². The molecule has 1 atom stereocenters. The zero-order valence-corrected chi connectivity index (χ0v) is 19.7. The van der Waals surface area contributed by atoms with Crippen molar-refractivity contribution >= 4 is 11.9 Å². The fraction of sp³-hybridized carbons (Fsp3) is 0.214. The van der Waals surface area contributed by atoms with E-state index in [1.165, 1.54) is 31.2 Å². The van der Waals surface area contributed by atoms with Crippen LogP contribution in [0.5, 0.6) is 0 Å². The summed E-state index contributed by atoms with van der Waals surface area (Å²) in [7, 11) is 0. The van der Waals surface area contributed by atoms with E-state index in [1.807, 2.05) is 0 Å². The first kappa shape index (κ1) is 26.1. The van der Waals surface area contributed by atoms with Gasteiger partial charge in [-0.05, 0) is 30.2 Å². The Morgan fingerprint density at radius 1 is 1.00 bits per heavy atom. The molecule has 0 saturated carbocycles. The molecule has 1 aliphatic heterocycles. The largest absolute Gasteiger partial charge is 0.457 e. The summed E-state index contributed by atoms with van der Waals surface area (Å²) in [6.45, 7) is 0.936. The predicted molar refractivity (Wildman–Crippen MR) is 125 cm³/mol. The number of hydrogen-bond donors (Lipinski definition) is 0. The molecule has 1 amide bonds. The number of esters is 1. The molecule has 4 nitrogen and oxygen atoms in total. The number of amides is 1. The number of benzene rings is 3. The van der Waals surface area contributed by atoms with E-state index < -0.39 is 47.6 Å². The predicted octanol–water partition coefficient (Wildman–Crippen LogP) is 6.52. The fourth-order valence-electron chi connectivity index (χ4n) is 4.41. The van der Waals surface area contributed by atoms with E-state index in [2.05, 4.69) is 0 Å². The minimum absolute atomic E-state index is 0.0137. The lowest BCUT2D eigenvalue weighted by Gasteiger charge is -2.35. The van der Waals surface area contributed by atoms with Crippen LogP contribution in [0.25, 0.3) is 0 Å². The van der Waals surface area contributed by atoms with Gasteiger partial charge in [-0.2, -0.15) is 13.2 Å². The van der Waals surface area contributed by atoms with Crippen LogP contribution in [-0.4, -0.2) is 16.8 Å². The third-order valence-electron chi connectivity index (χ3n) is 6.24. The summed E-state index contributed by atoms with van der Waals surface area (Å²) >= 11 is 0. The first-order chi connectivity index (χ1) is 17.6. The number of carbonyl (C=O) groups is 2. The molecule has 0 aromatic heterocycles. The quantitative estimate of drug-likeness (QED) is 0.278. The monoisotopic (exact) mass is 515 g/mol. The van der Waals surface area contributed by atoms with Gasteiger partial charge in [0.2, 0.25) is 5.91 Å². The van der Waals surface area contributed by atoms with Gasteiger partial charge in [-0.15, -0.1) is 0 Å². The maximum atomic E-state index is 14.3. The Hall–Kier alpha value is -4.01. The molecule has 192 valence electrons. The smallest absolute Gasteiger partial charge is 0.416 e. The minimum Gasteiger partial charge on any atom is -0.457 e. The lowest BCUT2D eigenvalue weighted by Crippen LogP contribution is -2.38. The summed E-state index contributed by atoms with van der Waals surface area (Å²) in [5.41, 5.74) is -0.637. The summed E-state index contributed by atoms with van der Waals surface area (Å²) in [6.07, 6.45) is -5.19. The van der Waals surface area contributed by atoms with Crippen molar-refractivity contribution < 1.29 is 36.3 Å². The number of carbonyl (C=O) groups excluding carboxylic acids is 2. The van der Waals surface area contributed by atoms with Gasteiger partial charge in [0, 0.05) is 29.7 Å². The number of allylic oxidation sites excluding steroid dienone is 1. The van der Waals surface area contributed by atoms with E-state index in [0.717, 1.165) is 17.0 Å². The second-order valence-corrected chi connectivity index (χ2v) is 8.62. The molecule has 9 heteroatoms. The van der Waals surface area contributed by atoms with Gasteiger partial charge in [0.15, 0.2) is 0 Å². The average Bonchev–Trinajstić information content (AvgIpc) is 2.86. The van der Waals surface area contributed by atoms with Gasteiger partial charge in [-0.3, -0.25) is 4.79 Å². The van der Waals surface area contributed by atoms with Gasteiger partial charge in [0.1, 0.15) is 18.2 Å².